The van der Waals surface area contributed by atoms with Crippen molar-refractivity contribution in [2.24, 2.45) is 10.2 Å². The number of rotatable bonds is 7. The van der Waals surface area contributed by atoms with Gasteiger partial charge in [0.15, 0.2) is 5.00 Å². The van der Waals surface area contributed by atoms with Gasteiger partial charge in [-0.25, -0.2) is 14.5 Å². The minimum Gasteiger partial charge on any atom is -0.462 e. The molecule has 9 nitrogen and oxygen atoms in total. The Hall–Kier alpha value is -3.37. The van der Waals surface area contributed by atoms with Crippen molar-refractivity contribution in [1.29, 1.82) is 0 Å². The molecule has 0 atom stereocenters. The van der Waals surface area contributed by atoms with Gasteiger partial charge in [-0.1, -0.05) is 11.6 Å². The first-order chi connectivity index (χ1) is 15.3. The van der Waals surface area contributed by atoms with E-state index in [-0.39, 0.29) is 39.4 Å². The van der Waals surface area contributed by atoms with Crippen molar-refractivity contribution in [3.05, 3.63) is 51.4 Å². The van der Waals surface area contributed by atoms with Crippen LogP contribution < -0.4 is 4.90 Å². The van der Waals surface area contributed by atoms with Gasteiger partial charge in [0.25, 0.3) is 11.8 Å². The molecule has 2 heterocycles. The second-order valence-electron chi connectivity index (χ2n) is 6.36. The average molecular weight is 476 g/mol. The highest BCUT2D eigenvalue weighted by Gasteiger charge is 2.28. The number of hydrogen-bond acceptors (Lipinski definition) is 9. The molecule has 1 aliphatic heterocycles. The van der Waals surface area contributed by atoms with Gasteiger partial charge in [-0.3, -0.25) is 9.59 Å². The second-order valence-corrected chi connectivity index (χ2v) is 7.76. The number of carbonyl (C=O) groups excluding carboxylic acids is 4. The summed E-state index contributed by atoms with van der Waals surface area (Å²) >= 11 is 7.20. The molecular weight excluding hydrogens is 458 g/mol. The van der Waals surface area contributed by atoms with Gasteiger partial charge in [-0.15, -0.1) is 21.6 Å². The molecule has 0 saturated carbocycles. The number of thiophene rings is 1. The Balaban J connectivity index is 1.94. The van der Waals surface area contributed by atoms with Gasteiger partial charge in [0.1, 0.15) is 10.4 Å². The number of azo groups is 1. The Bertz CT molecular complexity index is 1150. The lowest BCUT2D eigenvalue weighted by Crippen LogP contribution is -2.29. The molecule has 0 aliphatic carbocycles. The van der Waals surface area contributed by atoms with Crippen LogP contribution in [0.15, 0.2) is 40.6 Å². The van der Waals surface area contributed by atoms with E-state index < -0.39 is 23.8 Å². The van der Waals surface area contributed by atoms with Gasteiger partial charge in [0.2, 0.25) is 0 Å². The Kier molecular flexibility index (Phi) is 7.16. The third kappa shape index (κ3) is 4.61. The molecular formula is C21H18ClN3O6S. The molecule has 0 saturated heterocycles. The lowest BCUT2D eigenvalue weighted by Gasteiger charge is -2.15. The van der Waals surface area contributed by atoms with Gasteiger partial charge in [-0.2, -0.15) is 0 Å². The molecule has 0 radical (unpaired) electrons. The van der Waals surface area contributed by atoms with Crippen LogP contribution >= 0.6 is 22.9 Å². The van der Waals surface area contributed by atoms with Gasteiger partial charge >= 0.3 is 11.9 Å². The maximum atomic E-state index is 12.4. The predicted octanol–water partition coefficient (Wildman–Crippen LogP) is 4.91. The van der Waals surface area contributed by atoms with Crippen molar-refractivity contribution in [1.82, 2.24) is 0 Å². The minimum absolute atomic E-state index is 0.118. The number of carbonyl (C=O) groups is 4. The zero-order chi connectivity index (χ0) is 23.4. The first kappa shape index (κ1) is 23.3. The molecule has 3 rings (SSSR count). The molecule has 1 aromatic heterocycles. The number of ether oxygens (including phenoxy) is 2. The minimum atomic E-state index is -0.627. The highest BCUT2D eigenvalue weighted by Crippen LogP contribution is 2.38. The van der Waals surface area contributed by atoms with Crippen molar-refractivity contribution in [3.63, 3.8) is 0 Å². The highest BCUT2D eigenvalue weighted by molar-refractivity contribution is 7.18. The van der Waals surface area contributed by atoms with E-state index in [9.17, 15) is 19.2 Å². The topological polar surface area (TPSA) is 115 Å². The molecule has 0 N–H and O–H groups in total. The van der Waals surface area contributed by atoms with E-state index in [4.69, 9.17) is 21.1 Å². The smallest absolute Gasteiger partial charge is 0.348 e. The van der Waals surface area contributed by atoms with Crippen molar-refractivity contribution in [2.75, 3.05) is 18.1 Å². The number of amides is 2. The maximum absolute atomic E-state index is 12.4. The molecule has 166 valence electrons. The molecule has 32 heavy (non-hydrogen) atoms. The summed E-state index contributed by atoms with van der Waals surface area (Å²) in [5.41, 5.74) is 1.05. The van der Waals surface area contributed by atoms with Crippen LogP contribution in [0.5, 0.6) is 0 Å². The maximum Gasteiger partial charge on any atom is 0.348 e. The number of anilines is 1. The summed E-state index contributed by atoms with van der Waals surface area (Å²) in [6.45, 7) is 5.30. The fraction of sp³-hybridized carbons (Fsp3) is 0.238. The fourth-order valence-electron chi connectivity index (χ4n) is 2.88. The van der Waals surface area contributed by atoms with E-state index in [1.807, 2.05) is 0 Å². The molecule has 1 aliphatic rings. The van der Waals surface area contributed by atoms with E-state index in [0.717, 1.165) is 28.4 Å². The molecule has 0 unspecified atom stereocenters. The van der Waals surface area contributed by atoms with E-state index in [0.29, 0.717) is 11.3 Å². The first-order valence-electron chi connectivity index (χ1n) is 9.53. The molecule has 2 aromatic rings. The predicted molar refractivity (Wildman–Crippen MR) is 118 cm³/mol. The largest absolute Gasteiger partial charge is 0.462 e. The standard InChI is InChI=1S/C21H18ClN3O6S/c1-4-30-20(28)17-11(3)18(21(29)31-5-2)32-19(17)24-23-12-6-7-14(13(22)10-12)25-15(26)8-9-16(25)27/h6-10H,4-5H2,1-3H3. The van der Waals surface area contributed by atoms with Crippen molar-refractivity contribution in [2.45, 2.75) is 20.8 Å². The van der Waals surface area contributed by atoms with Crippen LogP contribution in [0.4, 0.5) is 16.4 Å². The van der Waals surface area contributed by atoms with Crippen LogP contribution in [0.2, 0.25) is 5.02 Å². The third-order valence-corrected chi connectivity index (χ3v) is 5.77. The average Bonchev–Trinajstić information content (AvgIpc) is 3.26. The number of nitrogens with zero attached hydrogens (tertiary/aromatic N) is 3. The van der Waals surface area contributed by atoms with Crippen LogP contribution in [-0.4, -0.2) is 37.0 Å². The lowest BCUT2D eigenvalue weighted by atomic mass is 10.1. The van der Waals surface area contributed by atoms with Crippen LogP contribution in [0, 0.1) is 6.92 Å². The molecule has 11 heteroatoms. The van der Waals surface area contributed by atoms with E-state index in [1.54, 1.807) is 20.8 Å². The summed E-state index contributed by atoms with van der Waals surface area (Å²) in [5.74, 6) is -2.18. The first-order valence-corrected chi connectivity index (χ1v) is 10.7. The Morgan fingerprint density at radius 3 is 2.25 bits per heavy atom. The summed E-state index contributed by atoms with van der Waals surface area (Å²) in [6, 6.07) is 4.41. The number of imide groups is 1. The summed E-state index contributed by atoms with van der Waals surface area (Å²) < 4.78 is 10.1. The summed E-state index contributed by atoms with van der Waals surface area (Å²) in [4.78, 5) is 49.6. The number of benzene rings is 1. The van der Waals surface area contributed by atoms with E-state index >= 15 is 0 Å². The van der Waals surface area contributed by atoms with Gasteiger partial charge in [0.05, 0.1) is 29.6 Å². The zero-order valence-electron chi connectivity index (χ0n) is 17.4. The van der Waals surface area contributed by atoms with Gasteiger partial charge in [-0.05, 0) is 44.5 Å². The van der Waals surface area contributed by atoms with Gasteiger partial charge in [0, 0.05) is 12.2 Å². The summed E-state index contributed by atoms with van der Waals surface area (Å²) in [6.07, 6.45) is 2.31. The second kappa shape index (κ2) is 9.84. The Morgan fingerprint density at radius 2 is 1.66 bits per heavy atom. The van der Waals surface area contributed by atoms with Crippen LogP contribution in [0.25, 0.3) is 0 Å². The molecule has 0 bridgehead atoms. The lowest BCUT2D eigenvalue weighted by molar-refractivity contribution is -0.120. The molecule has 2 amide bonds. The number of hydrogen-bond donors (Lipinski definition) is 0. The van der Waals surface area contributed by atoms with E-state index in [2.05, 4.69) is 10.2 Å². The Morgan fingerprint density at radius 1 is 1.03 bits per heavy atom. The fourth-order valence-corrected chi connectivity index (χ4v) is 4.15. The molecule has 0 spiro atoms. The SMILES string of the molecule is CCOC(=O)c1sc(N=Nc2ccc(N3C(=O)C=CC3=O)c(Cl)c2)c(C(=O)OCC)c1C. The quantitative estimate of drug-likeness (QED) is 0.319. The third-order valence-electron chi connectivity index (χ3n) is 4.31. The number of esters is 2. The van der Waals surface area contributed by atoms with Crippen molar-refractivity contribution in [3.8, 4) is 0 Å². The van der Waals surface area contributed by atoms with Crippen molar-refractivity contribution >= 4 is 63.1 Å². The monoisotopic (exact) mass is 475 g/mol. The van der Waals surface area contributed by atoms with Crippen LogP contribution in [0.1, 0.15) is 39.4 Å². The summed E-state index contributed by atoms with van der Waals surface area (Å²) in [5, 5.41) is 8.51. The van der Waals surface area contributed by atoms with E-state index in [1.165, 1.54) is 18.2 Å². The van der Waals surface area contributed by atoms with Gasteiger partial charge < -0.3 is 9.47 Å². The Labute approximate surface area is 192 Å². The zero-order valence-corrected chi connectivity index (χ0v) is 19.0. The molecule has 1 aromatic carbocycles. The molecule has 0 fully saturated rings. The highest BCUT2D eigenvalue weighted by atomic mass is 35.5. The van der Waals surface area contributed by atoms with Crippen LogP contribution in [-0.2, 0) is 19.1 Å². The van der Waals surface area contributed by atoms with Crippen molar-refractivity contribution < 1.29 is 28.7 Å². The summed E-state index contributed by atoms with van der Waals surface area (Å²) in [7, 11) is 0. The van der Waals surface area contributed by atoms with Crippen LogP contribution in [0.3, 0.4) is 0 Å². The normalized spacial score (nSPS) is 13.3. The number of halogens is 1.